The summed E-state index contributed by atoms with van der Waals surface area (Å²) in [5, 5.41) is 3.54. The third-order valence-electron chi connectivity index (χ3n) is 2.12. The van der Waals surface area contributed by atoms with Crippen molar-refractivity contribution in [3.63, 3.8) is 0 Å². The smallest absolute Gasteiger partial charge is 0.240 e. The summed E-state index contributed by atoms with van der Waals surface area (Å²) in [7, 11) is 1.45. The van der Waals surface area contributed by atoms with Gasteiger partial charge in [-0.2, -0.15) is 4.98 Å². The van der Waals surface area contributed by atoms with Crippen LogP contribution in [0.5, 0.6) is 5.75 Å². The van der Waals surface area contributed by atoms with Crippen molar-refractivity contribution < 1.29 is 13.7 Å². The zero-order valence-corrected chi connectivity index (χ0v) is 9.66. The van der Waals surface area contributed by atoms with Crippen LogP contribution >= 0.6 is 11.6 Å². The highest BCUT2D eigenvalue weighted by Gasteiger charge is 2.16. The van der Waals surface area contributed by atoms with Crippen LogP contribution in [0, 0.1) is 5.82 Å². The molecule has 0 radical (unpaired) electrons. The standard InChI is InChI=1S/C10H9ClFN3O2/c1-16-5-2-6(9(12)7(11)3-5)10-14-8(4-13)17-15-10/h2-3H,4,13H2,1H3. The molecule has 0 saturated heterocycles. The first-order chi connectivity index (χ1) is 8.15. The molecular formula is C10H9ClFN3O2. The lowest BCUT2D eigenvalue weighted by molar-refractivity contribution is 0.380. The summed E-state index contributed by atoms with van der Waals surface area (Å²) in [6.45, 7) is 0.0896. The number of nitrogens with two attached hydrogens (primary N) is 1. The quantitative estimate of drug-likeness (QED) is 0.910. The zero-order chi connectivity index (χ0) is 12.4. The van der Waals surface area contributed by atoms with E-state index in [-0.39, 0.29) is 28.8 Å². The van der Waals surface area contributed by atoms with Crippen molar-refractivity contribution in [1.29, 1.82) is 0 Å². The Balaban J connectivity index is 2.53. The summed E-state index contributed by atoms with van der Waals surface area (Å²) in [5.41, 5.74) is 5.43. The molecule has 0 amide bonds. The van der Waals surface area contributed by atoms with E-state index in [9.17, 15) is 4.39 Å². The second-order valence-electron chi connectivity index (χ2n) is 3.19. The van der Waals surface area contributed by atoms with E-state index in [1.807, 2.05) is 0 Å². The average Bonchev–Trinajstić information content (AvgIpc) is 2.81. The number of rotatable bonds is 3. The molecule has 0 unspecified atom stereocenters. The molecule has 0 atom stereocenters. The summed E-state index contributed by atoms with van der Waals surface area (Å²) in [6, 6.07) is 2.80. The van der Waals surface area contributed by atoms with E-state index in [2.05, 4.69) is 10.1 Å². The van der Waals surface area contributed by atoms with Crippen LogP contribution < -0.4 is 10.5 Å². The molecular weight excluding hydrogens is 249 g/mol. The van der Waals surface area contributed by atoms with E-state index in [0.717, 1.165) is 0 Å². The Hall–Kier alpha value is -1.66. The van der Waals surface area contributed by atoms with E-state index in [4.69, 9.17) is 26.6 Å². The minimum absolute atomic E-state index is 0.0709. The Labute approximate surface area is 101 Å². The molecule has 0 bridgehead atoms. The van der Waals surface area contributed by atoms with Gasteiger partial charge in [0, 0.05) is 6.07 Å². The van der Waals surface area contributed by atoms with Crippen LogP contribution in [0.3, 0.4) is 0 Å². The highest BCUT2D eigenvalue weighted by molar-refractivity contribution is 6.31. The van der Waals surface area contributed by atoms with Crippen molar-refractivity contribution in [3.05, 3.63) is 28.9 Å². The second kappa shape index (κ2) is 4.68. The molecule has 7 heteroatoms. The fourth-order valence-electron chi connectivity index (χ4n) is 1.29. The molecule has 90 valence electrons. The molecule has 17 heavy (non-hydrogen) atoms. The molecule has 0 aliphatic carbocycles. The fraction of sp³-hybridized carbons (Fsp3) is 0.200. The van der Waals surface area contributed by atoms with Crippen molar-refractivity contribution in [2.75, 3.05) is 7.11 Å². The molecule has 1 aromatic heterocycles. The first-order valence-electron chi connectivity index (χ1n) is 4.71. The molecule has 0 spiro atoms. The maximum atomic E-state index is 13.8. The van der Waals surface area contributed by atoms with E-state index >= 15 is 0 Å². The van der Waals surface area contributed by atoms with Crippen LogP contribution in [-0.4, -0.2) is 17.3 Å². The van der Waals surface area contributed by atoms with Crippen LogP contribution in [0.1, 0.15) is 5.89 Å². The molecule has 1 aromatic carbocycles. The average molecular weight is 258 g/mol. The molecule has 2 N–H and O–H groups in total. The lowest BCUT2D eigenvalue weighted by Gasteiger charge is -2.04. The molecule has 2 rings (SSSR count). The summed E-state index contributed by atoms with van der Waals surface area (Å²) in [6.07, 6.45) is 0. The summed E-state index contributed by atoms with van der Waals surface area (Å²) in [5.74, 6) is 0.0874. The second-order valence-corrected chi connectivity index (χ2v) is 3.59. The molecule has 0 saturated carbocycles. The van der Waals surface area contributed by atoms with Gasteiger partial charge in [0.2, 0.25) is 11.7 Å². The van der Waals surface area contributed by atoms with Crippen LogP contribution in [0.4, 0.5) is 4.39 Å². The lowest BCUT2D eigenvalue weighted by Crippen LogP contribution is -1.96. The predicted octanol–water partition coefficient (Wildman–Crippen LogP) is 2.00. The van der Waals surface area contributed by atoms with Gasteiger partial charge in [-0.15, -0.1) is 0 Å². The van der Waals surface area contributed by atoms with Crippen molar-refractivity contribution in [2.45, 2.75) is 6.54 Å². The Morgan fingerprint density at radius 2 is 2.29 bits per heavy atom. The highest BCUT2D eigenvalue weighted by Crippen LogP contribution is 2.30. The van der Waals surface area contributed by atoms with Gasteiger partial charge in [-0.25, -0.2) is 4.39 Å². The largest absolute Gasteiger partial charge is 0.497 e. The van der Waals surface area contributed by atoms with E-state index in [1.54, 1.807) is 0 Å². The van der Waals surface area contributed by atoms with Crippen molar-refractivity contribution >= 4 is 11.6 Å². The highest BCUT2D eigenvalue weighted by atomic mass is 35.5. The number of hydrogen-bond acceptors (Lipinski definition) is 5. The number of halogens is 2. The Kier molecular flexibility index (Phi) is 3.26. The third kappa shape index (κ3) is 2.22. The van der Waals surface area contributed by atoms with E-state index < -0.39 is 5.82 Å². The van der Waals surface area contributed by atoms with Gasteiger partial charge in [0.1, 0.15) is 5.75 Å². The number of ether oxygens (including phenoxy) is 1. The first kappa shape index (κ1) is 11.8. The molecule has 5 nitrogen and oxygen atoms in total. The summed E-state index contributed by atoms with van der Waals surface area (Å²) in [4.78, 5) is 3.92. The first-order valence-corrected chi connectivity index (χ1v) is 5.09. The van der Waals surface area contributed by atoms with Gasteiger partial charge in [0.05, 0.1) is 24.2 Å². The molecule has 2 aromatic rings. The van der Waals surface area contributed by atoms with Gasteiger partial charge in [-0.1, -0.05) is 16.8 Å². The maximum absolute atomic E-state index is 13.8. The van der Waals surface area contributed by atoms with Crippen LogP contribution in [0.15, 0.2) is 16.7 Å². The number of nitrogens with zero attached hydrogens (tertiary/aromatic N) is 2. The van der Waals surface area contributed by atoms with E-state index in [0.29, 0.717) is 5.75 Å². The number of benzene rings is 1. The minimum atomic E-state index is -0.628. The summed E-state index contributed by atoms with van der Waals surface area (Å²) < 4.78 is 23.6. The van der Waals surface area contributed by atoms with Crippen molar-refractivity contribution in [3.8, 4) is 17.1 Å². The van der Waals surface area contributed by atoms with Gasteiger partial charge in [-0.05, 0) is 6.07 Å². The monoisotopic (exact) mass is 257 g/mol. The van der Waals surface area contributed by atoms with Gasteiger partial charge < -0.3 is 15.0 Å². The van der Waals surface area contributed by atoms with Gasteiger partial charge in [0.25, 0.3) is 0 Å². The third-order valence-corrected chi connectivity index (χ3v) is 2.40. The number of methoxy groups -OCH3 is 1. The van der Waals surface area contributed by atoms with E-state index in [1.165, 1.54) is 19.2 Å². The van der Waals surface area contributed by atoms with Crippen LogP contribution in [0.2, 0.25) is 5.02 Å². The number of hydrogen-bond donors (Lipinski definition) is 1. The molecule has 0 aliphatic rings. The SMILES string of the molecule is COc1cc(Cl)c(F)c(-c2noc(CN)n2)c1. The Morgan fingerprint density at radius 3 is 2.88 bits per heavy atom. The lowest BCUT2D eigenvalue weighted by atomic mass is 10.2. The van der Waals surface area contributed by atoms with Gasteiger partial charge in [-0.3, -0.25) is 0 Å². The van der Waals surface area contributed by atoms with Crippen LogP contribution in [0.25, 0.3) is 11.4 Å². The van der Waals surface area contributed by atoms with Gasteiger partial charge in [0.15, 0.2) is 5.82 Å². The Bertz CT molecular complexity index is 544. The maximum Gasteiger partial charge on any atom is 0.240 e. The number of aromatic nitrogens is 2. The topological polar surface area (TPSA) is 74.2 Å². The molecule has 0 aliphatic heterocycles. The minimum Gasteiger partial charge on any atom is -0.497 e. The van der Waals surface area contributed by atoms with Crippen molar-refractivity contribution in [1.82, 2.24) is 10.1 Å². The van der Waals surface area contributed by atoms with Gasteiger partial charge >= 0.3 is 0 Å². The van der Waals surface area contributed by atoms with Crippen molar-refractivity contribution in [2.24, 2.45) is 5.73 Å². The predicted molar refractivity (Wildman–Crippen MR) is 59.1 cm³/mol. The Morgan fingerprint density at radius 1 is 1.53 bits per heavy atom. The van der Waals surface area contributed by atoms with Crippen LogP contribution in [-0.2, 0) is 6.54 Å². The molecule has 0 fully saturated rings. The molecule has 1 heterocycles. The normalized spacial score (nSPS) is 10.6. The fourth-order valence-corrected chi connectivity index (χ4v) is 1.50. The zero-order valence-electron chi connectivity index (χ0n) is 8.91. The summed E-state index contributed by atoms with van der Waals surface area (Å²) >= 11 is 5.72.